The first-order valence-electron chi connectivity index (χ1n) is 26.8. The first kappa shape index (κ1) is 57.7. The lowest BCUT2D eigenvalue weighted by atomic mass is 9.87. The SMILES string of the molecule is CC(=O)CC(C(=O)c1ccccc1)c1ccccc1.CCOC(=O)Cn1c(C)cc(-c2ccccc2)c1-c1ccccc1.Cc1c(Cc2ccccc2S(=O)(=O)c2ccccc2)c(-c2ccccc2)c(-c2ccccc2)n1CC(=O)O. The van der Waals surface area contributed by atoms with Crippen molar-refractivity contribution < 1.29 is 37.4 Å². The maximum Gasteiger partial charge on any atom is 0.325 e. The van der Waals surface area contributed by atoms with Gasteiger partial charge in [-0.1, -0.05) is 218 Å². The first-order chi connectivity index (χ1) is 39.3. The smallest absolute Gasteiger partial charge is 0.325 e. The quantitative estimate of drug-likeness (QED) is 0.0661. The molecule has 0 fully saturated rings. The molecule has 10 rings (SSSR count). The molecule has 0 spiro atoms. The van der Waals surface area contributed by atoms with Gasteiger partial charge in [0.1, 0.15) is 18.9 Å². The molecule has 81 heavy (non-hydrogen) atoms. The molecule has 11 heteroatoms. The topological polar surface area (TPSA) is 142 Å². The van der Waals surface area contributed by atoms with Crippen molar-refractivity contribution in [2.24, 2.45) is 0 Å². The highest BCUT2D eigenvalue weighted by Gasteiger charge is 2.28. The predicted molar refractivity (Wildman–Crippen MR) is 321 cm³/mol. The molecule has 1 unspecified atom stereocenters. The van der Waals surface area contributed by atoms with E-state index in [0.29, 0.717) is 24.2 Å². The average Bonchev–Trinajstić information content (AvgIpc) is 4.08. The van der Waals surface area contributed by atoms with Crippen LogP contribution in [0.25, 0.3) is 44.8 Å². The molecule has 0 aliphatic heterocycles. The van der Waals surface area contributed by atoms with Crippen molar-refractivity contribution in [3.8, 4) is 44.8 Å². The number of hydrogen-bond acceptors (Lipinski definition) is 7. The second-order valence-electron chi connectivity index (χ2n) is 19.4. The van der Waals surface area contributed by atoms with Crippen LogP contribution >= 0.6 is 0 Å². The Morgan fingerprint density at radius 1 is 0.543 bits per heavy atom. The molecule has 8 aromatic carbocycles. The molecule has 1 atom stereocenters. The van der Waals surface area contributed by atoms with Gasteiger partial charge in [0.25, 0.3) is 0 Å². The Kier molecular flexibility index (Phi) is 19.5. The highest BCUT2D eigenvalue weighted by molar-refractivity contribution is 7.91. The van der Waals surface area contributed by atoms with Crippen molar-refractivity contribution in [3.63, 3.8) is 0 Å². The summed E-state index contributed by atoms with van der Waals surface area (Å²) in [6, 6.07) is 76.2. The van der Waals surface area contributed by atoms with Crippen LogP contribution in [0.4, 0.5) is 0 Å². The first-order valence-corrected chi connectivity index (χ1v) is 28.3. The van der Waals surface area contributed by atoms with E-state index in [9.17, 15) is 32.7 Å². The molecule has 10 aromatic rings. The number of nitrogens with zero attached hydrogens (tertiary/aromatic N) is 2. The molecule has 0 saturated heterocycles. The zero-order chi connectivity index (χ0) is 57.3. The molecule has 408 valence electrons. The number of sulfone groups is 1. The van der Waals surface area contributed by atoms with Crippen LogP contribution in [0.1, 0.15) is 64.6 Å². The molecule has 0 amide bonds. The number of esters is 1. The fourth-order valence-corrected chi connectivity index (χ4v) is 11.6. The summed E-state index contributed by atoms with van der Waals surface area (Å²) in [4.78, 5) is 48.4. The van der Waals surface area contributed by atoms with Crippen molar-refractivity contribution in [2.45, 2.75) is 69.3 Å². The molecule has 0 aliphatic rings. The molecule has 0 radical (unpaired) electrons. The lowest BCUT2D eigenvalue weighted by Gasteiger charge is -2.15. The Bertz CT molecular complexity index is 3830. The van der Waals surface area contributed by atoms with Crippen LogP contribution in [0.2, 0.25) is 0 Å². The van der Waals surface area contributed by atoms with Crippen molar-refractivity contribution in [1.29, 1.82) is 0 Å². The van der Waals surface area contributed by atoms with E-state index < -0.39 is 15.8 Å². The van der Waals surface area contributed by atoms with Crippen molar-refractivity contribution in [2.75, 3.05) is 6.61 Å². The fourth-order valence-electron chi connectivity index (χ4n) is 10.1. The van der Waals surface area contributed by atoms with Gasteiger partial charge in [-0.15, -0.1) is 0 Å². The average molecular weight is 1090 g/mol. The van der Waals surface area contributed by atoms with Gasteiger partial charge in [0.2, 0.25) is 9.84 Å². The number of carbonyl (C=O) groups excluding carboxylic acids is 3. The van der Waals surface area contributed by atoms with Crippen molar-refractivity contribution in [3.05, 3.63) is 276 Å². The number of aromatic nitrogens is 2. The number of carboxylic acid groups (broad SMARTS) is 1. The van der Waals surface area contributed by atoms with Crippen molar-refractivity contribution >= 4 is 33.3 Å². The van der Waals surface area contributed by atoms with E-state index in [1.54, 1.807) is 54.6 Å². The molecule has 10 nitrogen and oxygen atoms in total. The minimum Gasteiger partial charge on any atom is -0.480 e. The third-order valence-corrected chi connectivity index (χ3v) is 15.7. The molecule has 0 bridgehead atoms. The Morgan fingerprint density at radius 2 is 1.01 bits per heavy atom. The molecule has 2 heterocycles. The standard InChI is InChI=1S/C32H27NO4S.C21H21NO2.C17H16O2/c1-23-28(21-26-17-11-12-20-29(26)38(36,37)27-18-9-4-10-19-27)31(24-13-5-2-6-14-24)32(33(23)22-30(34)35)25-15-7-3-8-16-25;1-3-24-20(23)15-22-16(2)14-19(17-10-6-4-7-11-17)21(22)18-12-8-5-9-13-18;1-13(18)12-16(14-8-4-2-5-9-14)17(19)15-10-6-3-7-11-15/h2-20H,21-22H2,1H3,(H,34,35);4-14H,3,15H2,1-2H3;2-11,16H,12H2,1H3. The van der Waals surface area contributed by atoms with Crippen LogP contribution in [0.3, 0.4) is 0 Å². The lowest BCUT2D eigenvalue weighted by molar-refractivity contribution is -0.144. The van der Waals surface area contributed by atoms with Gasteiger partial charge in [0, 0.05) is 40.9 Å². The van der Waals surface area contributed by atoms with Crippen molar-refractivity contribution in [1.82, 2.24) is 9.13 Å². The zero-order valence-corrected chi connectivity index (χ0v) is 46.6. The molecular weight excluding hydrogens is 1030 g/mol. The number of carbonyl (C=O) groups is 4. The minimum absolute atomic E-state index is 0.00185. The van der Waals surface area contributed by atoms with Crippen LogP contribution in [-0.2, 0) is 48.5 Å². The summed E-state index contributed by atoms with van der Waals surface area (Å²) in [6.07, 6.45) is 0.572. The largest absolute Gasteiger partial charge is 0.480 e. The summed E-state index contributed by atoms with van der Waals surface area (Å²) < 4.78 is 36.3. The summed E-state index contributed by atoms with van der Waals surface area (Å²) in [5.41, 5.74) is 12.9. The van der Waals surface area contributed by atoms with Crippen LogP contribution < -0.4 is 0 Å². The number of benzene rings is 8. The maximum atomic E-state index is 13.6. The van der Waals surface area contributed by atoms with Gasteiger partial charge in [0.15, 0.2) is 5.78 Å². The Morgan fingerprint density at radius 3 is 1.54 bits per heavy atom. The second-order valence-corrected chi connectivity index (χ2v) is 21.3. The summed E-state index contributed by atoms with van der Waals surface area (Å²) in [5, 5.41) is 9.80. The second kappa shape index (κ2) is 27.4. The van der Waals surface area contributed by atoms with Gasteiger partial charge in [-0.25, -0.2) is 8.42 Å². The lowest BCUT2D eigenvalue weighted by Crippen LogP contribution is -2.16. The van der Waals surface area contributed by atoms with Gasteiger partial charge in [-0.2, -0.15) is 0 Å². The van der Waals surface area contributed by atoms with Crippen LogP contribution in [0, 0.1) is 13.8 Å². The molecule has 0 saturated carbocycles. The number of ether oxygens (including phenoxy) is 1. The molecule has 2 aromatic heterocycles. The fraction of sp³-hybridized carbons (Fsp3) is 0.143. The summed E-state index contributed by atoms with van der Waals surface area (Å²) >= 11 is 0. The maximum absolute atomic E-state index is 13.6. The highest BCUT2D eigenvalue weighted by Crippen LogP contribution is 2.42. The van der Waals surface area contributed by atoms with E-state index in [4.69, 9.17) is 4.74 Å². The van der Waals surface area contributed by atoms with E-state index in [2.05, 4.69) is 30.3 Å². The van der Waals surface area contributed by atoms with E-state index in [1.807, 2.05) is 188 Å². The van der Waals surface area contributed by atoms with Crippen LogP contribution in [0.15, 0.2) is 252 Å². The number of ketones is 2. The molecule has 0 aliphatic carbocycles. The van der Waals surface area contributed by atoms with Gasteiger partial charge in [-0.3, -0.25) is 19.2 Å². The normalized spacial score (nSPS) is 11.3. The Labute approximate surface area is 474 Å². The number of Topliss-reactive ketones (excluding diaryl/α,β-unsaturated/α-hetero) is 2. The zero-order valence-electron chi connectivity index (χ0n) is 45.8. The number of rotatable bonds is 18. The van der Waals surface area contributed by atoms with Gasteiger partial charge >= 0.3 is 11.9 Å². The number of carboxylic acids is 1. The summed E-state index contributed by atoms with van der Waals surface area (Å²) in [6.45, 7) is 7.69. The van der Waals surface area contributed by atoms with E-state index >= 15 is 0 Å². The number of hydrogen-bond donors (Lipinski definition) is 1. The van der Waals surface area contributed by atoms with E-state index in [1.165, 1.54) is 6.92 Å². The highest BCUT2D eigenvalue weighted by atomic mass is 32.2. The van der Waals surface area contributed by atoms with Gasteiger partial charge < -0.3 is 19.0 Å². The monoisotopic (exact) mass is 1090 g/mol. The molecule has 1 N–H and O–H groups in total. The minimum atomic E-state index is -3.76. The summed E-state index contributed by atoms with van der Waals surface area (Å²) in [7, 11) is -3.76. The Hall–Kier alpha value is -9.45. The number of aliphatic carboxylic acids is 1. The Balaban J connectivity index is 0.000000172. The number of aryl methyl sites for hydroxylation is 1. The van der Waals surface area contributed by atoms with Gasteiger partial charge in [0.05, 0.1) is 33.7 Å². The van der Waals surface area contributed by atoms with E-state index in [0.717, 1.165) is 67.3 Å². The summed E-state index contributed by atoms with van der Waals surface area (Å²) in [5.74, 6) is -1.52. The van der Waals surface area contributed by atoms with Crippen LogP contribution in [-0.4, -0.2) is 52.8 Å². The predicted octanol–water partition coefficient (Wildman–Crippen LogP) is 15.0. The van der Waals surface area contributed by atoms with Crippen LogP contribution in [0.5, 0.6) is 0 Å². The van der Waals surface area contributed by atoms with Gasteiger partial charge in [-0.05, 0) is 90.9 Å². The van der Waals surface area contributed by atoms with E-state index in [-0.39, 0.29) is 52.8 Å². The molecular formula is C70H64N2O8S. The third-order valence-electron chi connectivity index (χ3n) is 13.8. The third kappa shape index (κ3) is 14.2.